The van der Waals surface area contributed by atoms with Gasteiger partial charge in [-0.3, -0.25) is 0 Å². The lowest BCUT2D eigenvalue weighted by Crippen LogP contribution is -2.25. The van der Waals surface area contributed by atoms with Crippen LogP contribution in [0, 0.1) is 0 Å². The molecular formula is C9H14N6O. The molecule has 0 unspecified atom stereocenters. The highest BCUT2D eigenvalue weighted by Crippen LogP contribution is 2.10. The maximum atomic E-state index is 5.09. The highest BCUT2D eigenvalue weighted by molar-refractivity contribution is 5.44. The van der Waals surface area contributed by atoms with Crippen LogP contribution in [0.1, 0.15) is 19.7 Å². The first kappa shape index (κ1) is 10.7. The van der Waals surface area contributed by atoms with Gasteiger partial charge in [-0.05, 0) is 0 Å². The van der Waals surface area contributed by atoms with E-state index in [1.165, 1.54) is 0 Å². The highest BCUT2D eigenvalue weighted by atomic mass is 16.5. The molecule has 7 nitrogen and oxygen atoms in total. The lowest BCUT2D eigenvalue weighted by molar-refractivity contribution is 0.374. The van der Waals surface area contributed by atoms with E-state index in [1.807, 2.05) is 0 Å². The molecule has 7 heteroatoms. The molecular weight excluding hydrogens is 208 g/mol. The third-order valence-corrected chi connectivity index (χ3v) is 2.00. The molecule has 0 radical (unpaired) electrons. The van der Waals surface area contributed by atoms with E-state index in [9.17, 15) is 0 Å². The summed E-state index contributed by atoms with van der Waals surface area (Å²) in [5, 5.41) is 17.2. The topological polar surface area (TPSA) is 92.5 Å². The molecule has 0 aromatic carbocycles. The van der Waals surface area contributed by atoms with E-state index in [4.69, 9.17) is 4.52 Å². The lowest BCUT2D eigenvalue weighted by atomic mass is 10.3. The van der Waals surface area contributed by atoms with E-state index in [1.54, 1.807) is 6.20 Å². The van der Waals surface area contributed by atoms with E-state index in [2.05, 4.69) is 44.7 Å². The third-order valence-electron chi connectivity index (χ3n) is 2.00. The number of rotatable bonds is 5. The molecule has 2 N–H and O–H groups in total. The molecule has 0 atom stereocenters. The number of aromatic nitrogens is 5. The predicted octanol–water partition coefficient (Wildman–Crippen LogP) is 0.395. The second-order valence-corrected chi connectivity index (χ2v) is 3.73. The Hall–Kier alpha value is -1.76. The van der Waals surface area contributed by atoms with Crippen molar-refractivity contribution in [2.45, 2.75) is 26.3 Å². The monoisotopic (exact) mass is 222 g/mol. The van der Waals surface area contributed by atoms with Crippen LogP contribution >= 0.6 is 0 Å². The standard InChI is InChI=1S/C9H14N6O/c1-6(2)10-4-3-8-12-9(14-16-8)7-5-11-15-13-7/h5-6,10H,3-4H2,1-2H3,(H,11,13,15). The van der Waals surface area contributed by atoms with Gasteiger partial charge in [-0.1, -0.05) is 19.0 Å². The Morgan fingerprint density at radius 1 is 1.50 bits per heavy atom. The summed E-state index contributed by atoms with van der Waals surface area (Å²) in [6, 6.07) is 0.456. The van der Waals surface area contributed by atoms with E-state index in [-0.39, 0.29) is 0 Å². The summed E-state index contributed by atoms with van der Waals surface area (Å²) in [6.07, 6.45) is 2.27. The summed E-state index contributed by atoms with van der Waals surface area (Å²) in [4.78, 5) is 4.21. The van der Waals surface area contributed by atoms with Crippen molar-refractivity contribution in [3.8, 4) is 11.5 Å². The number of H-pyrrole nitrogens is 1. The summed E-state index contributed by atoms with van der Waals surface area (Å²) < 4.78 is 5.09. The first-order chi connectivity index (χ1) is 7.75. The molecule has 0 aliphatic heterocycles. The van der Waals surface area contributed by atoms with E-state index >= 15 is 0 Å². The maximum Gasteiger partial charge on any atom is 0.228 e. The zero-order valence-electron chi connectivity index (χ0n) is 9.27. The Morgan fingerprint density at radius 3 is 3.06 bits per heavy atom. The zero-order valence-corrected chi connectivity index (χ0v) is 9.27. The van der Waals surface area contributed by atoms with Crippen molar-refractivity contribution in [2.24, 2.45) is 0 Å². The molecule has 2 aromatic heterocycles. The van der Waals surface area contributed by atoms with Gasteiger partial charge in [0.05, 0.1) is 6.20 Å². The molecule has 2 heterocycles. The minimum absolute atomic E-state index is 0.456. The van der Waals surface area contributed by atoms with Crippen LogP contribution in [-0.4, -0.2) is 38.1 Å². The van der Waals surface area contributed by atoms with Crippen molar-refractivity contribution in [1.82, 2.24) is 30.9 Å². The van der Waals surface area contributed by atoms with Gasteiger partial charge in [0.25, 0.3) is 0 Å². The first-order valence-electron chi connectivity index (χ1n) is 5.18. The summed E-state index contributed by atoms with van der Waals surface area (Å²) in [7, 11) is 0. The Balaban J connectivity index is 1.93. The van der Waals surface area contributed by atoms with E-state index in [0.29, 0.717) is 29.9 Å². The fraction of sp³-hybridized carbons (Fsp3) is 0.556. The van der Waals surface area contributed by atoms with Gasteiger partial charge in [0, 0.05) is 19.0 Å². The van der Waals surface area contributed by atoms with Crippen LogP contribution in [-0.2, 0) is 6.42 Å². The second-order valence-electron chi connectivity index (χ2n) is 3.73. The first-order valence-corrected chi connectivity index (χ1v) is 5.18. The SMILES string of the molecule is CC(C)NCCc1nc(-c2cn[nH]n2)no1. The smallest absolute Gasteiger partial charge is 0.228 e. The number of aromatic amines is 1. The average molecular weight is 222 g/mol. The molecule has 0 aliphatic rings. The van der Waals surface area contributed by atoms with Crippen LogP contribution in [0.4, 0.5) is 0 Å². The van der Waals surface area contributed by atoms with Crippen LogP contribution in [0.2, 0.25) is 0 Å². The number of nitrogens with zero attached hydrogens (tertiary/aromatic N) is 4. The van der Waals surface area contributed by atoms with Gasteiger partial charge in [-0.15, -0.1) is 0 Å². The summed E-state index contributed by atoms with van der Waals surface area (Å²) in [5.41, 5.74) is 0.590. The van der Waals surface area contributed by atoms with Gasteiger partial charge in [0.1, 0.15) is 0 Å². The van der Waals surface area contributed by atoms with Crippen molar-refractivity contribution >= 4 is 0 Å². The van der Waals surface area contributed by atoms with Gasteiger partial charge in [-0.2, -0.15) is 20.4 Å². The lowest BCUT2D eigenvalue weighted by Gasteiger charge is -2.04. The Labute approximate surface area is 92.6 Å². The second kappa shape index (κ2) is 4.84. The van der Waals surface area contributed by atoms with Crippen molar-refractivity contribution < 1.29 is 4.52 Å². The van der Waals surface area contributed by atoms with Crippen LogP contribution in [0.3, 0.4) is 0 Å². The van der Waals surface area contributed by atoms with Gasteiger partial charge >= 0.3 is 0 Å². The normalized spacial score (nSPS) is 11.2. The zero-order chi connectivity index (χ0) is 11.4. The van der Waals surface area contributed by atoms with Crippen molar-refractivity contribution in [1.29, 1.82) is 0 Å². The molecule has 0 spiro atoms. The van der Waals surface area contributed by atoms with Crippen LogP contribution in [0.15, 0.2) is 10.7 Å². The molecule has 0 saturated carbocycles. The van der Waals surface area contributed by atoms with E-state index in [0.717, 1.165) is 6.54 Å². The van der Waals surface area contributed by atoms with Crippen molar-refractivity contribution in [3.63, 3.8) is 0 Å². The Bertz CT molecular complexity index is 421. The fourth-order valence-corrected chi connectivity index (χ4v) is 1.24. The number of nitrogens with one attached hydrogen (secondary N) is 2. The molecule has 0 aliphatic carbocycles. The molecule has 0 saturated heterocycles. The Kier molecular flexibility index (Phi) is 3.25. The molecule has 2 aromatic rings. The van der Waals surface area contributed by atoms with Crippen LogP contribution in [0.25, 0.3) is 11.5 Å². The highest BCUT2D eigenvalue weighted by Gasteiger charge is 2.10. The van der Waals surface area contributed by atoms with Crippen molar-refractivity contribution in [3.05, 3.63) is 12.1 Å². The molecule has 16 heavy (non-hydrogen) atoms. The quantitative estimate of drug-likeness (QED) is 0.760. The Morgan fingerprint density at radius 2 is 2.38 bits per heavy atom. The fourth-order valence-electron chi connectivity index (χ4n) is 1.24. The molecule has 86 valence electrons. The van der Waals surface area contributed by atoms with Gasteiger partial charge in [-0.25, -0.2) is 0 Å². The van der Waals surface area contributed by atoms with Crippen LogP contribution < -0.4 is 5.32 Å². The molecule has 0 bridgehead atoms. The molecule has 0 amide bonds. The van der Waals surface area contributed by atoms with Crippen molar-refractivity contribution in [2.75, 3.05) is 6.54 Å². The van der Waals surface area contributed by atoms with Gasteiger partial charge in [0.15, 0.2) is 5.69 Å². The maximum absolute atomic E-state index is 5.09. The third kappa shape index (κ3) is 2.63. The summed E-state index contributed by atoms with van der Waals surface area (Å²) in [6.45, 7) is 5.00. The summed E-state index contributed by atoms with van der Waals surface area (Å²) in [5.74, 6) is 1.07. The van der Waals surface area contributed by atoms with E-state index < -0.39 is 0 Å². The largest absolute Gasteiger partial charge is 0.339 e. The minimum atomic E-state index is 0.456. The molecule has 0 fully saturated rings. The molecule has 2 rings (SSSR count). The number of hydrogen-bond donors (Lipinski definition) is 2. The number of hydrogen-bond acceptors (Lipinski definition) is 6. The average Bonchev–Trinajstić information content (AvgIpc) is 2.85. The summed E-state index contributed by atoms with van der Waals surface area (Å²) >= 11 is 0. The van der Waals surface area contributed by atoms with Crippen LogP contribution in [0.5, 0.6) is 0 Å². The minimum Gasteiger partial charge on any atom is -0.339 e. The van der Waals surface area contributed by atoms with Gasteiger partial charge in [0.2, 0.25) is 11.7 Å². The van der Waals surface area contributed by atoms with Gasteiger partial charge < -0.3 is 9.84 Å². The predicted molar refractivity (Wildman–Crippen MR) is 56.5 cm³/mol.